The summed E-state index contributed by atoms with van der Waals surface area (Å²) < 4.78 is 39.8. The van der Waals surface area contributed by atoms with Crippen molar-refractivity contribution in [3.63, 3.8) is 0 Å². The molecule has 6 heteroatoms. The largest absolute Gasteiger partial charge is 0.330 e. The minimum atomic E-state index is -3.58. The van der Waals surface area contributed by atoms with Crippen molar-refractivity contribution in [3.8, 4) is 0 Å². The van der Waals surface area contributed by atoms with E-state index < -0.39 is 15.8 Å². The van der Waals surface area contributed by atoms with Crippen molar-refractivity contribution < 1.29 is 12.8 Å². The summed E-state index contributed by atoms with van der Waals surface area (Å²) in [6.45, 7) is 2.73. The Balaban J connectivity index is 2.32. The third-order valence-electron chi connectivity index (χ3n) is 4.02. The van der Waals surface area contributed by atoms with Crippen LogP contribution in [0.5, 0.6) is 0 Å². The van der Waals surface area contributed by atoms with Crippen molar-refractivity contribution in [2.45, 2.75) is 37.1 Å². The minimum absolute atomic E-state index is 0.0416. The summed E-state index contributed by atoms with van der Waals surface area (Å²) in [5.41, 5.74) is 5.75. The first-order chi connectivity index (χ1) is 9.50. The highest BCUT2D eigenvalue weighted by molar-refractivity contribution is 7.89. The van der Waals surface area contributed by atoms with Crippen molar-refractivity contribution in [3.05, 3.63) is 30.1 Å². The fourth-order valence-electron chi connectivity index (χ4n) is 3.00. The Morgan fingerprint density at radius 3 is 2.50 bits per heavy atom. The highest BCUT2D eigenvalue weighted by atomic mass is 32.2. The lowest BCUT2D eigenvalue weighted by molar-refractivity contribution is 0.276. The predicted octanol–water partition coefficient (Wildman–Crippen LogP) is 1.96. The number of halogens is 1. The Morgan fingerprint density at radius 1 is 1.30 bits per heavy atom. The molecule has 1 aliphatic rings. The Bertz CT molecular complexity index is 545. The molecule has 2 atom stereocenters. The van der Waals surface area contributed by atoms with Gasteiger partial charge in [0.25, 0.3) is 0 Å². The zero-order valence-electron chi connectivity index (χ0n) is 11.6. The molecule has 4 nitrogen and oxygen atoms in total. The van der Waals surface area contributed by atoms with E-state index in [4.69, 9.17) is 5.73 Å². The second-order valence-electron chi connectivity index (χ2n) is 5.16. The third-order valence-corrected chi connectivity index (χ3v) is 6.04. The Hall–Kier alpha value is -0.980. The number of nitrogens with two attached hydrogens (primary N) is 1. The lowest BCUT2D eigenvalue weighted by Crippen LogP contribution is -2.43. The number of hydrogen-bond acceptors (Lipinski definition) is 3. The topological polar surface area (TPSA) is 63.4 Å². The fraction of sp³-hybridized carbons (Fsp3) is 0.571. The molecule has 1 saturated carbocycles. The molecule has 1 fully saturated rings. The van der Waals surface area contributed by atoms with Crippen molar-refractivity contribution in [1.82, 2.24) is 4.31 Å². The molecule has 0 heterocycles. The van der Waals surface area contributed by atoms with Gasteiger partial charge < -0.3 is 5.73 Å². The van der Waals surface area contributed by atoms with E-state index in [-0.39, 0.29) is 16.9 Å². The molecule has 2 N–H and O–H groups in total. The van der Waals surface area contributed by atoms with E-state index in [2.05, 4.69) is 0 Å². The van der Waals surface area contributed by atoms with Gasteiger partial charge in [0.2, 0.25) is 10.0 Å². The first kappa shape index (κ1) is 15.4. The van der Waals surface area contributed by atoms with Crippen molar-refractivity contribution in [2.24, 2.45) is 11.7 Å². The van der Waals surface area contributed by atoms with Crippen LogP contribution in [0.1, 0.15) is 26.2 Å². The van der Waals surface area contributed by atoms with E-state index in [0.29, 0.717) is 13.1 Å². The summed E-state index contributed by atoms with van der Waals surface area (Å²) in [5.74, 6) is -0.224. The van der Waals surface area contributed by atoms with Crippen LogP contribution in [0.25, 0.3) is 0 Å². The van der Waals surface area contributed by atoms with Crippen LogP contribution in [0, 0.1) is 11.7 Å². The van der Waals surface area contributed by atoms with E-state index in [1.807, 2.05) is 6.92 Å². The first-order valence-corrected chi connectivity index (χ1v) is 8.42. The van der Waals surface area contributed by atoms with Crippen LogP contribution >= 0.6 is 0 Å². The van der Waals surface area contributed by atoms with Crippen molar-refractivity contribution in [1.29, 1.82) is 0 Å². The minimum Gasteiger partial charge on any atom is -0.330 e. The van der Waals surface area contributed by atoms with Crippen LogP contribution in [-0.2, 0) is 10.0 Å². The Morgan fingerprint density at radius 2 is 1.95 bits per heavy atom. The molecular formula is C14H21FN2O2S. The maximum absolute atomic E-state index is 13.0. The maximum atomic E-state index is 13.0. The molecule has 0 bridgehead atoms. The number of benzene rings is 1. The molecule has 20 heavy (non-hydrogen) atoms. The molecular weight excluding hydrogens is 279 g/mol. The quantitative estimate of drug-likeness (QED) is 0.904. The van der Waals surface area contributed by atoms with Gasteiger partial charge in [0, 0.05) is 12.6 Å². The summed E-state index contributed by atoms with van der Waals surface area (Å²) in [6, 6.07) is 4.95. The van der Waals surface area contributed by atoms with Crippen molar-refractivity contribution in [2.75, 3.05) is 13.1 Å². The number of nitrogens with zero attached hydrogens (tertiary/aromatic N) is 1. The average molecular weight is 300 g/mol. The van der Waals surface area contributed by atoms with Crippen LogP contribution < -0.4 is 5.73 Å². The molecule has 2 rings (SSSR count). The lowest BCUT2D eigenvalue weighted by Gasteiger charge is -2.30. The Labute approximate surface area is 119 Å². The standard InChI is InChI=1S/C14H21FN2O2S/c1-2-17(14-5-3-4-11(14)10-16)20(18,19)13-8-6-12(15)7-9-13/h6-9,11,14H,2-5,10,16H2,1H3. The van der Waals surface area contributed by atoms with E-state index >= 15 is 0 Å². The van der Waals surface area contributed by atoms with Crippen LogP contribution in [-0.4, -0.2) is 31.9 Å². The monoisotopic (exact) mass is 300 g/mol. The zero-order chi connectivity index (χ0) is 14.8. The molecule has 1 aromatic carbocycles. The highest BCUT2D eigenvalue weighted by Crippen LogP contribution is 2.32. The summed E-state index contributed by atoms with van der Waals surface area (Å²) >= 11 is 0. The molecule has 0 spiro atoms. The number of hydrogen-bond donors (Lipinski definition) is 1. The molecule has 0 radical (unpaired) electrons. The van der Waals surface area contributed by atoms with Gasteiger partial charge in [-0.1, -0.05) is 13.3 Å². The molecule has 1 aromatic rings. The summed E-state index contributed by atoms with van der Waals surface area (Å²) in [4.78, 5) is 0.142. The van der Waals surface area contributed by atoms with E-state index in [1.54, 1.807) is 0 Å². The van der Waals surface area contributed by atoms with Crippen molar-refractivity contribution >= 4 is 10.0 Å². The second kappa shape index (κ2) is 6.20. The van der Waals surface area contributed by atoms with Crippen LogP contribution in [0.15, 0.2) is 29.2 Å². The molecule has 1 aliphatic carbocycles. The van der Waals surface area contributed by atoms with E-state index in [0.717, 1.165) is 19.3 Å². The third kappa shape index (κ3) is 2.87. The van der Waals surface area contributed by atoms with Gasteiger partial charge in [-0.25, -0.2) is 12.8 Å². The van der Waals surface area contributed by atoms with Gasteiger partial charge in [0.15, 0.2) is 0 Å². The van der Waals surface area contributed by atoms with Gasteiger partial charge in [-0.2, -0.15) is 4.31 Å². The SMILES string of the molecule is CCN(C1CCCC1CN)S(=O)(=O)c1ccc(F)cc1. The molecule has 0 aromatic heterocycles. The molecule has 0 saturated heterocycles. The molecule has 0 amide bonds. The smallest absolute Gasteiger partial charge is 0.243 e. The van der Waals surface area contributed by atoms with Crippen LogP contribution in [0.2, 0.25) is 0 Å². The predicted molar refractivity (Wildman–Crippen MR) is 76.1 cm³/mol. The summed E-state index contributed by atoms with van der Waals surface area (Å²) in [6.07, 6.45) is 2.81. The summed E-state index contributed by atoms with van der Waals surface area (Å²) in [7, 11) is -3.58. The summed E-state index contributed by atoms with van der Waals surface area (Å²) in [5, 5.41) is 0. The Kier molecular flexibility index (Phi) is 4.78. The van der Waals surface area contributed by atoms with Crippen LogP contribution in [0.4, 0.5) is 4.39 Å². The van der Waals surface area contributed by atoms with Gasteiger partial charge in [-0.3, -0.25) is 0 Å². The number of sulfonamides is 1. The van der Waals surface area contributed by atoms with E-state index in [1.165, 1.54) is 28.6 Å². The van der Waals surface area contributed by atoms with Gasteiger partial charge in [-0.15, -0.1) is 0 Å². The van der Waals surface area contributed by atoms with Gasteiger partial charge in [-0.05, 0) is 49.6 Å². The molecule has 2 unspecified atom stereocenters. The highest BCUT2D eigenvalue weighted by Gasteiger charge is 2.37. The lowest BCUT2D eigenvalue weighted by atomic mass is 10.0. The van der Waals surface area contributed by atoms with Crippen LogP contribution in [0.3, 0.4) is 0 Å². The number of rotatable bonds is 5. The van der Waals surface area contributed by atoms with Gasteiger partial charge >= 0.3 is 0 Å². The molecule has 0 aliphatic heterocycles. The molecule has 112 valence electrons. The normalized spacial score (nSPS) is 23.4. The second-order valence-corrected chi connectivity index (χ2v) is 7.05. The van der Waals surface area contributed by atoms with Gasteiger partial charge in [0.1, 0.15) is 5.82 Å². The first-order valence-electron chi connectivity index (χ1n) is 6.98. The van der Waals surface area contributed by atoms with Gasteiger partial charge in [0.05, 0.1) is 4.90 Å². The fourth-order valence-corrected chi connectivity index (χ4v) is 4.72. The maximum Gasteiger partial charge on any atom is 0.243 e. The van der Waals surface area contributed by atoms with E-state index in [9.17, 15) is 12.8 Å². The zero-order valence-corrected chi connectivity index (χ0v) is 12.4. The average Bonchev–Trinajstić information content (AvgIpc) is 2.88.